The monoisotopic (exact) mass is 431 g/mol. The second-order valence-corrected chi connectivity index (χ2v) is 8.06. The summed E-state index contributed by atoms with van der Waals surface area (Å²) in [6, 6.07) is 9.77. The standard InChI is InChI=1S/C24H25N5O3/c1-13(2)23-25-12-19(20-10-14(3)28-32-20)22(27-23)18-8-6-17(7-9-18)11-26-24(30)21-15(4)29-31-16(21)5/h6-10,12-13H,11H2,1-5H3,(H,26,30). The van der Waals surface area contributed by atoms with Crippen molar-refractivity contribution >= 4 is 5.91 Å². The van der Waals surface area contributed by atoms with Crippen LogP contribution in [0.15, 0.2) is 45.6 Å². The van der Waals surface area contributed by atoms with Gasteiger partial charge in [-0.15, -0.1) is 0 Å². The summed E-state index contributed by atoms with van der Waals surface area (Å²) >= 11 is 0. The summed E-state index contributed by atoms with van der Waals surface area (Å²) in [5.41, 5.74) is 5.32. The maximum absolute atomic E-state index is 12.5. The molecular formula is C24H25N5O3. The normalized spacial score (nSPS) is 11.2. The average molecular weight is 431 g/mol. The summed E-state index contributed by atoms with van der Waals surface area (Å²) in [7, 11) is 0. The molecule has 8 nitrogen and oxygen atoms in total. The fourth-order valence-electron chi connectivity index (χ4n) is 3.42. The topological polar surface area (TPSA) is 107 Å². The van der Waals surface area contributed by atoms with Crippen molar-refractivity contribution in [1.82, 2.24) is 25.6 Å². The van der Waals surface area contributed by atoms with E-state index in [1.807, 2.05) is 37.3 Å². The smallest absolute Gasteiger partial charge is 0.257 e. The van der Waals surface area contributed by atoms with E-state index in [4.69, 9.17) is 14.0 Å². The molecule has 0 unspecified atom stereocenters. The Hall–Kier alpha value is -3.81. The molecule has 4 rings (SSSR count). The van der Waals surface area contributed by atoms with E-state index in [0.29, 0.717) is 29.3 Å². The molecule has 164 valence electrons. The van der Waals surface area contributed by atoms with Crippen molar-refractivity contribution in [3.63, 3.8) is 0 Å². The lowest BCUT2D eigenvalue weighted by molar-refractivity contribution is 0.0949. The van der Waals surface area contributed by atoms with Crippen molar-refractivity contribution in [3.05, 3.63) is 70.6 Å². The molecule has 0 radical (unpaired) electrons. The third-order valence-electron chi connectivity index (χ3n) is 5.16. The van der Waals surface area contributed by atoms with Gasteiger partial charge in [0.1, 0.15) is 17.1 Å². The minimum absolute atomic E-state index is 0.193. The molecule has 8 heteroatoms. The molecular weight excluding hydrogens is 406 g/mol. The number of rotatable bonds is 6. The molecule has 3 heterocycles. The number of amides is 1. The molecule has 1 aromatic carbocycles. The number of aromatic nitrogens is 4. The van der Waals surface area contributed by atoms with Crippen LogP contribution in [0.3, 0.4) is 0 Å². The van der Waals surface area contributed by atoms with E-state index in [1.54, 1.807) is 20.0 Å². The number of carbonyl (C=O) groups excluding carboxylic acids is 1. The van der Waals surface area contributed by atoms with Crippen LogP contribution >= 0.6 is 0 Å². The first kappa shape index (κ1) is 21.4. The Kier molecular flexibility index (Phi) is 5.85. The number of hydrogen-bond donors (Lipinski definition) is 1. The molecule has 0 aliphatic rings. The van der Waals surface area contributed by atoms with Crippen LogP contribution in [-0.4, -0.2) is 26.2 Å². The van der Waals surface area contributed by atoms with Gasteiger partial charge in [-0.25, -0.2) is 9.97 Å². The molecule has 32 heavy (non-hydrogen) atoms. The van der Waals surface area contributed by atoms with Gasteiger partial charge in [-0.3, -0.25) is 4.79 Å². The fraction of sp³-hybridized carbons (Fsp3) is 0.292. The summed E-state index contributed by atoms with van der Waals surface area (Å²) in [6.07, 6.45) is 1.79. The quantitative estimate of drug-likeness (QED) is 0.469. The summed E-state index contributed by atoms with van der Waals surface area (Å²) < 4.78 is 10.5. The predicted molar refractivity (Wildman–Crippen MR) is 119 cm³/mol. The van der Waals surface area contributed by atoms with Crippen LogP contribution in [-0.2, 0) is 6.54 Å². The summed E-state index contributed by atoms with van der Waals surface area (Å²) in [4.78, 5) is 21.8. The van der Waals surface area contributed by atoms with E-state index in [9.17, 15) is 4.79 Å². The van der Waals surface area contributed by atoms with E-state index in [0.717, 1.165) is 33.9 Å². The van der Waals surface area contributed by atoms with E-state index in [1.165, 1.54) is 0 Å². The first-order valence-electron chi connectivity index (χ1n) is 10.4. The predicted octanol–water partition coefficient (Wildman–Crippen LogP) is 4.77. The zero-order valence-corrected chi connectivity index (χ0v) is 18.8. The lowest BCUT2D eigenvalue weighted by Gasteiger charge is -2.11. The number of aryl methyl sites for hydroxylation is 3. The van der Waals surface area contributed by atoms with Gasteiger partial charge in [0, 0.05) is 30.3 Å². The van der Waals surface area contributed by atoms with Gasteiger partial charge in [0.25, 0.3) is 5.91 Å². The Morgan fingerprint density at radius 1 is 1.06 bits per heavy atom. The fourth-order valence-corrected chi connectivity index (χ4v) is 3.42. The Morgan fingerprint density at radius 2 is 1.81 bits per heavy atom. The van der Waals surface area contributed by atoms with Crippen molar-refractivity contribution in [2.45, 2.75) is 47.1 Å². The van der Waals surface area contributed by atoms with Crippen molar-refractivity contribution in [3.8, 4) is 22.6 Å². The van der Waals surface area contributed by atoms with Gasteiger partial charge in [-0.1, -0.05) is 48.4 Å². The largest absolute Gasteiger partial charge is 0.361 e. The molecule has 0 saturated heterocycles. The highest BCUT2D eigenvalue weighted by molar-refractivity contribution is 5.96. The van der Waals surface area contributed by atoms with Crippen LogP contribution in [0.25, 0.3) is 22.6 Å². The highest BCUT2D eigenvalue weighted by Gasteiger charge is 2.18. The molecule has 0 aliphatic carbocycles. The number of benzene rings is 1. The highest BCUT2D eigenvalue weighted by Crippen LogP contribution is 2.31. The Bertz CT molecular complexity index is 1240. The summed E-state index contributed by atoms with van der Waals surface area (Å²) in [6.45, 7) is 9.86. The van der Waals surface area contributed by atoms with Gasteiger partial charge in [-0.05, 0) is 26.3 Å². The Morgan fingerprint density at radius 3 is 2.41 bits per heavy atom. The van der Waals surface area contributed by atoms with Crippen molar-refractivity contribution in [1.29, 1.82) is 0 Å². The van der Waals surface area contributed by atoms with Crippen LogP contribution in [0.5, 0.6) is 0 Å². The van der Waals surface area contributed by atoms with E-state index in [2.05, 4.69) is 34.5 Å². The lowest BCUT2D eigenvalue weighted by Crippen LogP contribution is -2.23. The van der Waals surface area contributed by atoms with Crippen molar-refractivity contribution < 1.29 is 13.8 Å². The van der Waals surface area contributed by atoms with Crippen LogP contribution < -0.4 is 5.32 Å². The van der Waals surface area contributed by atoms with Crippen LogP contribution in [0.4, 0.5) is 0 Å². The first-order chi connectivity index (χ1) is 15.3. The minimum Gasteiger partial charge on any atom is -0.361 e. The van der Waals surface area contributed by atoms with Crippen molar-refractivity contribution in [2.24, 2.45) is 0 Å². The molecule has 0 saturated carbocycles. The zero-order chi connectivity index (χ0) is 22.8. The molecule has 0 bridgehead atoms. The van der Waals surface area contributed by atoms with E-state index >= 15 is 0 Å². The van der Waals surface area contributed by atoms with Crippen molar-refractivity contribution in [2.75, 3.05) is 0 Å². The van der Waals surface area contributed by atoms with Gasteiger partial charge in [0.2, 0.25) is 0 Å². The van der Waals surface area contributed by atoms with Crippen LogP contribution in [0, 0.1) is 20.8 Å². The molecule has 0 aliphatic heterocycles. The molecule has 4 aromatic rings. The second kappa shape index (κ2) is 8.74. The lowest BCUT2D eigenvalue weighted by atomic mass is 10.0. The van der Waals surface area contributed by atoms with Gasteiger partial charge in [0.05, 0.1) is 22.6 Å². The van der Waals surface area contributed by atoms with E-state index in [-0.39, 0.29) is 11.8 Å². The third-order valence-corrected chi connectivity index (χ3v) is 5.16. The third kappa shape index (κ3) is 4.30. The number of nitrogens with zero attached hydrogens (tertiary/aromatic N) is 4. The Balaban J connectivity index is 1.58. The van der Waals surface area contributed by atoms with Crippen LogP contribution in [0.1, 0.15) is 58.7 Å². The molecule has 0 fully saturated rings. The molecule has 0 spiro atoms. The second-order valence-electron chi connectivity index (χ2n) is 8.06. The van der Waals surface area contributed by atoms with Gasteiger partial charge in [0.15, 0.2) is 5.76 Å². The van der Waals surface area contributed by atoms with Gasteiger partial charge in [-0.2, -0.15) is 0 Å². The summed E-state index contributed by atoms with van der Waals surface area (Å²) in [5, 5.41) is 10.7. The Labute approximate surface area is 186 Å². The molecule has 3 aromatic heterocycles. The van der Waals surface area contributed by atoms with Crippen LogP contribution in [0.2, 0.25) is 0 Å². The maximum Gasteiger partial charge on any atom is 0.257 e. The average Bonchev–Trinajstić information content (AvgIpc) is 3.36. The summed E-state index contributed by atoms with van der Waals surface area (Å²) in [5.74, 6) is 1.89. The first-order valence-corrected chi connectivity index (χ1v) is 10.4. The molecule has 1 N–H and O–H groups in total. The molecule has 1 amide bonds. The van der Waals surface area contributed by atoms with Gasteiger partial charge < -0.3 is 14.4 Å². The maximum atomic E-state index is 12.5. The van der Waals surface area contributed by atoms with E-state index < -0.39 is 0 Å². The SMILES string of the molecule is Cc1cc(-c2cnc(C(C)C)nc2-c2ccc(CNC(=O)c3c(C)noc3C)cc2)on1. The van der Waals surface area contributed by atoms with Gasteiger partial charge >= 0.3 is 0 Å². The number of nitrogens with one attached hydrogen (secondary N) is 1. The zero-order valence-electron chi connectivity index (χ0n) is 18.8. The highest BCUT2D eigenvalue weighted by atomic mass is 16.5. The number of carbonyl (C=O) groups is 1. The minimum atomic E-state index is -0.203. The molecule has 0 atom stereocenters. The number of hydrogen-bond acceptors (Lipinski definition) is 7.